The number of halogens is 2. The normalized spacial score (nSPS) is 27.8. The van der Waals surface area contributed by atoms with Gasteiger partial charge in [-0.2, -0.15) is 0 Å². The Bertz CT molecular complexity index is 521. The van der Waals surface area contributed by atoms with E-state index in [1.807, 2.05) is 7.05 Å². The minimum atomic E-state index is -1.32. The molecule has 1 aromatic carbocycles. The zero-order chi connectivity index (χ0) is 15.6. The Morgan fingerprint density at radius 1 is 1.24 bits per heavy atom. The molecule has 118 valence electrons. The third-order valence-electron chi connectivity index (χ3n) is 4.54. The van der Waals surface area contributed by atoms with Gasteiger partial charge in [0.05, 0.1) is 16.0 Å². The van der Waals surface area contributed by atoms with E-state index in [4.69, 9.17) is 0 Å². The first kappa shape index (κ1) is 16.6. The summed E-state index contributed by atoms with van der Waals surface area (Å²) in [5, 5.41) is 3.17. The Labute approximate surface area is 127 Å². The molecule has 0 aromatic heterocycles. The highest BCUT2D eigenvalue weighted by molar-refractivity contribution is 7.85. The standard InChI is InChI=1S/C16H23F2NOS/c1-10(2)11-4-7-15(19-3)16(8-11)21(20)12-5-6-13(17)14(18)9-12/h5-6,9-11,15-16,19H,4,7-8H2,1-3H3. The average molecular weight is 315 g/mol. The molecule has 1 aliphatic carbocycles. The smallest absolute Gasteiger partial charge is 0.160 e. The maximum absolute atomic E-state index is 13.4. The molecule has 0 amide bonds. The van der Waals surface area contributed by atoms with Crippen molar-refractivity contribution < 1.29 is 13.0 Å². The lowest BCUT2D eigenvalue weighted by Crippen LogP contribution is -2.45. The lowest BCUT2D eigenvalue weighted by atomic mass is 9.79. The van der Waals surface area contributed by atoms with E-state index in [-0.39, 0.29) is 11.3 Å². The molecule has 1 aromatic rings. The third kappa shape index (κ3) is 3.69. The SMILES string of the molecule is CNC1CCC(C(C)C)CC1S(=O)c1ccc(F)c(F)c1. The molecule has 4 atom stereocenters. The van der Waals surface area contributed by atoms with Crippen LogP contribution in [0.2, 0.25) is 0 Å². The summed E-state index contributed by atoms with van der Waals surface area (Å²) >= 11 is 0. The zero-order valence-corrected chi connectivity index (χ0v) is 13.6. The van der Waals surface area contributed by atoms with E-state index >= 15 is 0 Å². The van der Waals surface area contributed by atoms with Crippen molar-refractivity contribution in [2.45, 2.75) is 49.3 Å². The minimum absolute atomic E-state index is 0.0546. The van der Waals surface area contributed by atoms with Crippen LogP contribution in [0.5, 0.6) is 0 Å². The van der Waals surface area contributed by atoms with Crippen molar-refractivity contribution in [2.24, 2.45) is 11.8 Å². The fraction of sp³-hybridized carbons (Fsp3) is 0.625. The largest absolute Gasteiger partial charge is 0.316 e. The van der Waals surface area contributed by atoms with Gasteiger partial charge in [0.15, 0.2) is 11.6 Å². The van der Waals surface area contributed by atoms with E-state index in [1.54, 1.807) is 0 Å². The predicted molar refractivity (Wildman–Crippen MR) is 81.6 cm³/mol. The molecule has 1 saturated carbocycles. The van der Waals surface area contributed by atoms with Crippen molar-refractivity contribution in [3.63, 3.8) is 0 Å². The second-order valence-electron chi connectivity index (χ2n) is 6.12. The van der Waals surface area contributed by atoms with E-state index < -0.39 is 22.4 Å². The second kappa shape index (κ2) is 6.97. The molecular weight excluding hydrogens is 292 g/mol. The van der Waals surface area contributed by atoms with Crippen LogP contribution in [0.15, 0.2) is 23.1 Å². The summed E-state index contributed by atoms with van der Waals surface area (Å²) in [5.74, 6) is -0.746. The summed E-state index contributed by atoms with van der Waals surface area (Å²) in [7, 11) is 0.546. The second-order valence-corrected chi connectivity index (χ2v) is 7.80. The summed E-state index contributed by atoms with van der Waals surface area (Å²) < 4.78 is 39.2. The molecule has 0 radical (unpaired) electrons. The van der Waals surface area contributed by atoms with Crippen LogP contribution in [-0.4, -0.2) is 22.5 Å². The van der Waals surface area contributed by atoms with Crippen molar-refractivity contribution >= 4 is 10.8 Å². The van der Waals surface area contributed by atoms with Crippen LogP contribution in [0.3, 0.4) is 0 Å². The number of nitrogens with one attached hydrogen (secondary N) is 1. The summed E-state index contributed by atoms with van der Waals surface area (Å²) in [4.78, 5) is 0.378. The van der Waals surface area contributed by atoms with Crippen molar-refractivity contribution in [3.8, 4) is 0 Å². The number of hydrogen-bond acceptors (Lipinski definition) is 2. The van der Waals surface area contributed by atoms with Crippen LogP contribution in [-0.2, 0) is 10.8 Å². The van der Waals surface area contributed by atoms with Gasteiger partial charge in [-0.1, -0.05) is 13.8 Å². The Morgan fingerprint density at radius 3 is 2.52 bits per heavy atom. The molecule has 21 heavy (non-hydrogen) atoms. The minimum Gasteiger partial charge on any atom is -0.316 e. The highest BCUT2D eigenvalue weighted by Crippen LogP contribution is 2.34. The summed E-state index contributed by atoms with van der Waals surface area (Å²) in [6, 6.07) is 3.71. The van der Waals surface area contributed by atoms with Crippen LogP contribution in [0.1, 0.15) is 33.1 Å². The molecule has 0 heterocycles. The van der Waals surface area contributed by atoms with E-state index in [1.165, 1.54) is 6.07 Å². The van der Waals surface area contributed by atoms with Crippen LogP contribution in [0.25, 0.3) is 0 Å². The van der Waals surface area contributed by atoms with E-state index in [0.29, 0.717) is 16.7 Å². The van der Waals surface area contributed by atoms with Gasteiger partial charge in [0.1, 0.15) is 0 Å². The Balaban J connectivity index is 2.22. The molecule has 1 aliphatic rings. The Kier molecular flexibility index (Phi) is 5.49. The molecule has 0 aliphatic heterocycles. The summed E-state index contributed by atoms with van der Waals surface area (Å²) in [6.45, 7) is 4.36. The van der Waals surface area contributed by atoms with Crippen LogP contribution in [0, 0.1) is 23.5 Å². The lowest BCUT2D eigenvalue weighted by Gasteiger charge is -2.37. The van der Waals surface area contributed by atoms with Crippen LogP contribution >= 0.6 is 0 Å². The zero-order valence-electron chi connectivity index (χ0n) is 12.7. The topological polar surface area (TPSA) is 29.1 Å². The summed E-state index contributed by atoms with van der Waals surface area (Å²) in [5.41, 5.74) is 0. The predicted octanol–water partition coefficient (Wildman–Crippen LogP) is 3.49. The molecule has 1 fully saturated rings. The van der Waals surface area contributed by atoms with Crippen LogP contribution < -0.4 is 5.32 Å². The van der Waals surface area contributed by atoms with Crippen LogP contribution in [0.4, 0.5) is 8.78 Å². The number of rotatable bonds is 4. The van der Waals surface area contributed by atoms with Gasteiger partial charge in [-0.15, -0.1) is 0 Å². The Hall–Kier alpha value is -0.810. The lowest BCUT2D eigenvalue weighted by molar-refractivity contribution is 0.249. The third-order valence-corrected chi connectivity index (χ3v) is 6.33. The fourth-order valence-corrected chi connectivity index (χ4v) is 4.87. The van der Waals surface area contributed by atoms with E-state index in [2.05, 4.69) is 19.2 Å². The summed E-state index contributed by atoms with van der Waals surface area (Å²) in [6.07, 6.45) is 2.95. The highest BCUT2D eigenvalue weighted by Gasteiger charge is 2.35. The van der Waals surface area contributed by atoms with Gasteiger partial charge in [-0.05, 0) is 56.3 Å². The first-order valence-corrected chi connectivity index (χ1v) is 8.68. The maximum atomic E-state index is 13.4. The Morgan fingerprint density at radius 2 is 1.95 bits per heavy atom. The van der Waals surface area contributed by atoms with E-state index in [9.17, 15) is 13.0 Å². The quantitative estimate of drug-likeness (QED) is 0.921. The van der Waals surface area contributed by atoms with Gasteiger partial charge in [0.25, 0.3) is 0 Å². The van der Waals surface area contributed by atoms with Crippen molar-refractivity contribution in [1.82, 2.24) is 5.32 Å². The fourth-order valence-electron chi connectivity index (χ4n) is 3.11. The first-order valence-electron chi connectivity index (χ1n) is 7.47. The molecule has 0 saturated heterocycles. The molecule has 0 bridgehead atoms. The van der Waals surface area contributed by atoms with Gasteiger partial charge in [-0.3, -0.25) is 4.21 Å². The molecule has 0 spiro atoms. The average Bonchev–Trinajstić information content (AvgIpc) is 2.48. The monoisotopic (exact) mass is 315 g/mol. The molecule has 1 N–H and O–H groups in total. The molecule has 2 nitrogen and oxygen atoms in total. The van der Waals surface area contributed by atoms with Crippen molar-refractivity contribution in [3.05, 3.63) is 29.8 Å². The van der Waals surface area contributed by atoms with Gasteiger partial charge in [0.2, 0.25) is 0 Å². The van der Waals surface area contributed by atoms with Gasteiger partial charge < -0.3 is 5.32 Å². The highest BCUT2D eigenvalue weighted by atomic mass is 32.2. The van der Waals surface area contributed by atoms with Gasteiger partial charge >= 0.3 is 0 Å². The first-order chi connectivity index (χ1) is 9.93. The van der Waals surface area contributed by atoms with Crippen molar-refractivity contribution in [1.29, 1.82) is 0 Å². The molecular formula is C16H23F2NOS. The maximum Gasteiger partial charge on any atom is 0.160 e. The molecule has 4 unspecified atom stereocenters. The van der Waals surface area contributed by atoms with Gasteiger partial charge in [0, 0.05) is 10.9 Å². The number of hydrogen-bond donors (Lipinski definition) is 1. The van der Waals surface area contributed by atoms with Gasteiger partial charge in [-0.25, -0.2) is 8.78 Å². The molecule has 5 heteroatoms. The molecule has 2 rings (SSSR count). The number of benzene rings is 1. The van der Waals surface area contributed by atoms with Crippen molar-refractivity contribution in [2.75, 3.05) is 7.05 Å². The van der Waals surface area contributed by atoms with E-state index in [0.717, 1.165) is 31.4 Å².